The maximum atomic E-state index is 3.76. The lowest BCUT2D eigenvalue weighted by Crippen LogP contribution is -2.42. The first-order valence-corrected chi connectivity index (χ1v) is 8.17. The molecular weight excluding hydrogens is 214 g/mol. The summed E-state index contributed by atoms with van der Waals surface area (Å²) in [6.45, 7) is 8.47. The quantitative estimate of drug-likeness (QED) is 0.709. The number of rotatable bonds is 6. The van der Waals surface area contributed by atoms with E-state index in [1.807, 2.05) is 11.8 Å². The van der Waals surface area contributed by atoms with Gasteiger partial charge in [0.2, 0.25) is 0 Å². The zero-order chi connectivity index (χ0) is 12.0. The minimum Gasteiger partial charge on any atom is -0.314 e. The van der Waals surface area contributed by atoms with Gasteiger partial charge in [0.05, 0.1) is 0 Å². The van der Waals surface area contributed by atoms with Crippen molar-refractivity contribution < 1.29 is 0 Å². The highest BCUT2D eigenvalue weighted by Crippen LogP contribution is 2.38. The van der Waals surface area contributed by atoms with Crippen molar-refractivity contribution in [2.24, 2.45) is 11.3 Å². The van der Waals surface area contributed by atoms with Crippen LogP contribution in [-0.2, 0) is 0 Å². The van der Waals surface area contributed by atoms with Crippen molar-refractivity contribution in [3.8, 4) is 0 Å². The summed E-state index contributed by atoms with van der Waals surface area (Å²) in [5.74, 6) is 2.17. The van der Waals surface area contributed by atoms with Crippen molar-refractivity contribution in [2.45, 2.75) is 58.9 Å². The third kappa shape index (κ3) is 5.09. The highest BCUT2D eigenvalue weighted by atomic mass is 32.2. The van der Waals surface area contributed by atoms with Crippen LogP contribution in [0.4, 0.5) is 0 Å². The largest absolute Gasteiger partial charge is 0.314 e. The first kappa shape index (κ1) is 14.4. The molecule has 0 bridgehead atoms. The Hall–Kier alpha value is 0.310. The van der Waals surface area contributed by atoms with Crippen LogP contribution in [0, 0.1) is 11.3 Å². The highest BCUT2D eigenvalue weighted by Gasteiger charge is 2.31. The smallest absolute Gasteiger partial charge is 0.00930 e. The predicted octanol–water partition coefficient (Wildman–Crippen LogP) is 3.93. The molecule has 2 unspecified atom stereocenters. The molecule has 0 aromatic carbocycles. The van der Waals surface area contributed by atoms with Gasteiger partial charge < -0.3 is 5.32 Å². The molecule has 0 amide bonds. The molecule has 0 aliphatic heterocycles. The molecule has 0 aromatic heterocycles. The zero-order valence-corrected chi connectivity index (χ0v) is 12.3. The van der Waals surface area contributed by atoms with Gasteiger partial charge in [-0.05, 0) is 62.0 Å². The number of hydrogen-bond donors (Lipinski definition) is 1. The molecule has 1 aliphatic carbocycles. The number of thioether (sulfide) groups is 1. The molecule has 1 nitrogen and oxygen atoms in total. The van der Waals surface area contributed by atoms with E-state index in [4.69, 9.17) is 0 Å². The van der Waals surface area contributed by atoms with E-state index in [-0.39, 0.29) is 0 Å². The Morgan fingerprint density at radius 1 is 1.31 bits per heavy atom. The molecule has 1 fully saturated rings. The molecule has 96 valence electrons. The third-order valence-corrected chi connectivity index (χ3v) is 4.57. The molecule has 2 heteroatoms. The van der Waals surface area contributed by atoms with Gasteiger partial charge in [-0.25, -0.2) is 0 Å². The maximum Gasteiger partial charge on any atom is 0.00930 e. The average Bonchev–Trinajstić information content (AvgIpc) is 2.20. The first-order valence-electron chi connectivity index (χ1n) is 6.77. The van der Waals surface area contributed by atoms with Crippen LogP contribution in [0.3, 0.4) is 0 Å². The summed E-state index contributed by atoms with van der Waals surface area (Å²) in [6, 6.07) is 0.780. The standard InChI is InChI=1S/C14H29NS/c1-12-11-14(2,3)8-7-13(12)15-9-5-6-10-16-4/h12-13,15H,5-11H2,1-4H3. The molecular formula is C14H29NS. The summed E-state index contributed by atoms with van der Waals surface area (Å²) in [5, 5.41) is 3.76. The summed E-state index contributed by atoms with van der Waals surface area (Å²) in [5.41, 5.74) is 0.580. The number of hydrogen-bond acceptors (Lipinski definition) is 2. The SMILES string of the molecule is CSCCCCNC1CCC(C)(C)CC1C. The van der Waals surface area contributed by atoms with Crippen molar-refractivity contribution in [1.82, 2.24) is 5.32 Å². The van der Waals surface area contributed by atoms with E-state index < -0.39 is 0 Å². The van der Waals surface area contributed by atoms with E-state index in [2.05, 4.69) is 32.3 Å². The van der Waals surface area contributed by atoms with Gasteiger partial charge in [-0.15, -0.1) is 0 Å². The second-order valence-electron chi connectivity index (χ2n) is 6.14. The Kier molecular flexibility index (Phi) is 6.20. The van der Waals surface area contributed by atoms with Crippen LogP contribution >= 0.6 is 11.8 Å². The van der Waals surface area contributed by atoms with Crippen LogP contribution in [0.25, 0.3) is 0 Å². The zero-order valence-electron chi connectivity index (χ0n) is 11.5. The topological polar surface area (TPSA) is 12.0 Å². The Labute approximate surface area is 106 Å². The minimum absolute atomic E-state index is 0.580. The third-order valence-electron chi connectivity index (χ3n) is 3.88. The molecule has 1 aliphatic rings. The molecule has 1 N–H and O–H groups in total. The Morgan fingerprint density at radius 2 is 2.06 bits per heavy atom. The molecule has 0 heterocycles. The van der Waals surface area contributed by atoms with Crippen LogP contribution in [0.15, 0.2) is 0 Å². The lowest BCUT2D eigenvalue weighted by Gasteiger charge is -2.39. The molecule has 2 atom stereocenters. The second-order valence-corrected chi connectivity index (χ2v) is 7.13. The Morgan fingerprint density at radius 3 is 2.69 bits per heavy atom. The van der Waals surface area contributed by atoms with Gasteiger partial charge in [0.25, 0.3) is 0 Å². The lowest BCUT2D eigenvalue weighted by molar-refractivity contribution is 0.149. The van der Waals surface area contributed by atoms with Crippen LogP contribution in [0.2, 0.25) is 0 Å². The van der Waals surface area contributed by atoms with Crippen LogP contribution in [0.1, 0.15) is 52.9 Å². The lowest BCUT2D eigenvalue weighted by atomic mass is 9.70. The van der Waals surface area contributed by atoms with Gasteiger partial charge in [-0.1, -0.05) is 20.8 Å². The van der Waals surface area contributed by atoms with Crippen LogP contribution in [0.5, 0.6) is 0 Å². The van der Waals surface area contributed by atoms with Crippen molar-refractivity contribution in [3.63, 3.8) is 0 Å². The van der Waals surface area contributed by atoms with Gasteiger partial charge >= 0.3 is 0 Å². The Bertz CT molecular complexity index is 191. The van der Waals surface area contributed by atoms with Gasteiger partial charge in [-0.2, -0.15) is 11.8 Å². The summed E-state index contributed by atoms with van der Waals surface area (Å²) >= 11 is 1.96. The minimum atomic E-state index is 0.580. The van der Waals surface area contributed by atoms with Crippen molar-refractivity contribution in [3.05, 3.63) is 0 Å². The highest BCUT2D eigenvalue weighted by molar-refractivity contribution is 7.98. The molecule has 16 heavy (non-hydrogen) atoms. The molecule has 0 aromatic rings. The molecule has 0 spiro atoms. The van der Waals surface area contributed by atoms with E-state index >= 15 is 0 Å². The fourth-order valence-corrected chi connectivity index (χ4v) is 3.40. The van der Waals surface area contributed by atoms with Crippen molar-refractivity contribution >= 4 is 11.8 Å². The second kappa shape index (κ2) is 6.90. The molecule has 1 rings (SSSR count). The van der Waals surface area contributed by atoms with E-state index in [0.29, 0.717) is 5.41 Å². The monoisotopic (exact) mass is 243 g/mol. The van der Waals surface area contributed by atoms with Gasteiger partial charge in [0.1, 0.15) is 0 Å². The van der Waals surface area contributed by atoms with E-state index in [1.165, 1.54) is 44.4 Å². The van der Waals surface area contributed by atoms with Crippen LogP contribution in [-0.4, -0.2) is 24.6 Å². The van der Waals surface area contributed by atoms with Gasteiger partial charge in [0.15, 0.2) is 0 Å². The van der Waals surface area contributed by atoms with E-state index in [0.717, 1.165) is 12.0 Å². The molecule has 0 radical (unpaired) electrons. The summed E-state index contributed by atoms with van der Waals surface area (Å²) < 4.78 is 0. The normalized spacial score (nSPS) is 29.2. The Balaban J connectivity index is 2.13. The first-order chi connectivity index (χ1) is 7.55. The average molecular weight is 243 g/mol. The predicted molar refractivity (Wildman–Crippen MR) is 76.2 cm³/mol. The van der Waals surface area contributed by atoms with Crippen molar-refractivity contribution in [2.75, 3.05) is 18.6 Å². The summed E-state index contributed by atoms with van der Waals surface area (Å²) in [7, 11) is 0. The molecule has 1 saturated carbocycles. The fourth-order valence-electron chi connectivity index (χ4n) is 2.91. The number of nitrogens with one attached hydrogen (secondary N) is 1. The molecule has 0 saturated heterocycles. The fraction of sp³-hybridized carbons (Fsp3) is 1.00. The van der Waals surface area contributed by atoms with Crippen molar-refractivity contribution in [1.29, 1.82) is 0 Å². The summed E-state index contributed by atoms with van der Waals surface area (Å²) in [6.07, 6.45) is 9.04. The maximum absolute atomic E-state index is 3.76. The summed E-state index contributed by atoms with van der Waals surface area (Å²) in [4.78, 5) is 0. The van der Waals surface area contributed by atoms with Gasteiger partial charge in [-0.3, -0.25) is 0 Å². The number of unbranched alkanes of at least 4 members (excludes halogenated alkanes) is 1. The van der Waals surface area contributed by atoms with Crippen LogP contribution < -0.4 is 5.32 Å². The van der Waals surface area contributed by atoms with E-state index in [9.17, 15) is 0 Å². The van der Waals surface area contributed by atoms with E-state index in [1.54, 1.807) is 0 Å². The van der Waals surface area contributed by atoms with Gasteiger partial charge in [0, 0.05) is 6.04 Å².